The molecule has 0 bridgehead atoms. The first-order valence-electron chi connectivity index (χ1n) is 7.72. The fraction of sp³-hybridized carbons (Fsp3) is 0.118. The minimum Gasteiger partial charge on any atom is -0.454 e. The second-order valence-electron chi connectivity index (χ2n) is 5.56. The van der Waals surface area contributed by atoms with Gasteiger partial charge in [-0.2, -0.15) is 23.0 Å². The summed E-state index contributed by atoms with van der Waals surface area (Å²) in [5, 5.41) is 3.55. The molecule has 11 heteroatoms. The third kappa shape index (κ3) is 3.33. The van der Waals surface area contributed by atoms with E-state index in [0.717, 1.165) is 23.0 Å². The summed E-state index contributed by atoms with van der Waals surface area (Å²) in [6.07, 6.45) is -2.77. The average Bonchev–Trinajstić information content (AvgIpc) is 3.13. The Morgan fingerprint density at radius 2 is 1.89 bits per heavy atom. The minimum atomic E-state index is -4.54. The lowest BCUT2D eigenvalue weighted by molar-refractivity contribution is -0.137. The average molecular weight is 412 g/mol. The molecule has 0 saturated carbocycles. The van der Waals surface area contributed by atoms with E-state index in [-0.39, 0.29) is 23.4 Å². The summed E-state index contributed by atoms with van der Waals surface area (Å²) < 4.78 is 54.6. The lowest BCUT2D eigenvalue weighted by Crippen LogP contribution is -2.22. The van der Waals surface area contributed by atoms with E-state index in [1.165, 1.54) is 0 Å². The second-order valence-corrected chi connectivity index (χ2v) is 5.94. The van der Waals surface area contributed by atoms with Gasteiger partial charge in [0.1, 0.15) is 5.75 Å². The summed E-state index contributed by atoms with van der Waals surface area (Å²) in [7, 11) is 0. The number of aromatic nitrogens is 3. The number of halogens is 4. The van der Waals surface area contributed by atoms with Crippen molar-refractivity contribution in [2.45, 2.75) is 6.18 Å². The molecule has 0 aliphatic carbocycles. The number of rotatable bonds is 3. The highest BCUT2D eigenvalue weighted by Gasteiger charge is 2.30. The number of hydrogen-bond acceptors (Lipinski definition) is 6. The van der Waals surface area contributed by atoms with E-state index in [0.29, 0.717) is 23.4 Å². The molecule has 0 N–H and O–H groups in total. The van der Waals surface area contributed by atoms with E-state index in [1.54, 1.807) is 18.2 Å². The Hall–Kier alpha value is -3.27. The van der Waals surface area contributed by atoms with E-state index in [2.05, 4.69) is 10.1 Å². The molecule has 1 aromatic carbocycles. The van der Waals surface area contributed by atoms with Gasteiger partial charge in [-0.3, -0.25) is 4.79 Å². The predicted molar refractivity (Wildman–Crippen MR) is 90.3 cm³/mol. The molecule has 7 nitrogen and oxygen atoms in total. The van der Waals surface area contributed by atoms with Crippen LogP contribution in [0.25, 0.3) is 5.82 Å². The molecule has 0 saturated heterocycles. The van der Waals surface area contributed by atoms with E-state index >= 15 is 0 Å². The molecule has 1 aliphatic rings. The van der Waals surface area contributed by atoms with Gasteiger partial charge in [0.15, 0.2) is 28.1 Å². The van der Waals surface area contributed by atoms with Gasteiger partial charge >= 0.3 is 6.18 Å². The van der Waals surface area contributed by atoms with Crippen LogP contribution in [0.1, 0.15) is 5.56 Å². The molecule has 28 heavy (non-hydrogen) atoms. The highest BCUT2D eigenvalue weighted by atomic mass is 35.5. The van der Waals surface area contributed by atoms with Crippen molar-refractivity contribution in [3.63, 3.8) is 0 Å². The largest absolute Gasteiger partial charge is 0.454 e. The monoisotopic (exact) mass is 411 g/mol. The smallest absolute Gasteiger partial charge is 0.417 e. The van der Waals surface area contributed by atoms with Crippen LogP contribution in [-0.2, 0) is 6.18 Å². The number of pyridine rings is 1. The fourth-order valence-electron chi connectivity index (χ4n) is 2.40. The molecule has 0 radical (unpaired) electrons. The molecule has 4 rings (SSSR count). The summed E-state index contributed by atoms with van der Waals surface area (Å²) in [6.45, 7) is 0.0945. The van der Waals surface area contributed by atoms with E-state index < -0.39 is 17.3 Å². The van der Waals surface area contributed by atoms with Crippen LogP contribution in [0.4, 0.5) is 13.2 Å². The highest BCUT2D eigenvalue weighted by molar-refractivity contribution is 6.31. The van der Waals surface area contributed by atoms with E-state index in [1.807, 2.05) is 0 Å². The number of alkyl halides is 3. The van der Waals surface area contributed by atoms with Crippen molar-refractivity contribution < 1.29 is 27.4 Å². The Bertz CT molecular complexity index is 1100. The Kier molecular flexibility index (Phi) is 4.34. The molecule has 0 amide bonds. The number of hydrogen-bond donors (Lipinski definition) is 0. The third-order valence-corrected chi connectivity index (χ3v) is 4.10. The number of ether oxygens (including phenoxy) is 3. The summed E-state index contributed by atoms with van der Waals surface area (Å²) >= 11 is 6.06. The lowest BCUT2D eigenvalue weighted by Gasteiger charge is -2.10. The maximum absolute atomic E-state index is 12.6. The maximum atomic E-state index is 12.6. The van der Waals surface area contributed by atoms with Crippen LogP contribution in [-0.4, -0.2) is 21.6 Å². The van der Waals surface area contributed by atoms with Gasteiger partial charge in [-0.1, -0.05) is 11.6 Å². The van der Waals surface area contributed by atoms with Crippen LogP contribution < -0.4 is 19.8 Å². The second kappa shape index (κ2) is 6.71. The first-order chi connectivity index (χ1) is 13.3. The molecule has 144 valence electrons. The molecule has 0 atom stereocenters. The minimum absolute atomic E-state index is 0.0336. The molecule has 0 unspecified atom stereocenters. The van der Waals surface area contributed by atoms with Gasteiger partial charge in [0.2, 0.25) is 6.79 Å². The molecule has 1 aliphatic heterocycles. The fourth-order valence-corrected chi connectivity index (χ4v) is 2.57. The highest BCUT2D eigenvalue weighted by Crippen LogP contribution is 2.37. The zero-order chi connectivity index (χ0) is 19.9. The predicted octanol–water partition coefficient (Wildman–Crippen LogP) is 3.82. The van der Waals surface area contributed by atoms with Crippen molar-refractivity contribution in [2.24, 2.45) is 0 Å². The Labute approximate surface area is 159 Å². The molecule has 3 heterocycles. The lowest BCUT2D eigenvalue weighted by atomic mass is 10.3. The van der Waals surface area contributed by atoms with Crippen LogP contribution in [0.15, 0.2) is 47.5 Å². The van der Waals surface area contributed by atoms with E-state index in [9.17, 15) is 18.0 Å². The topological polar surface area (TPSA) is 75.5 Å². The zero-order valence-electron chi connectivity index (χ0n) is 13.7. The standard InChI is InChI=1S/C17H9ClF3N3O4/c18-15-13(28-10-2-3-11-12(5-10)27-8-26-11)7-23-24(16(15)25)14-4-1-9(6-22-14)17(19,20)21/h1-7H,8H2. The van der Waals surface area contributed by atoms with Crippen molar-refractivity contribution in [3.8, 4) is 28.8 Å². The van der Waals surface area contributed by atoms with Gasteiger partial charge in [-0.25, -0.2) is 4.98 Å². The summed E-state index contributed by atoms with van der Waals surface area (Å²) in [5.74, 6) is 1.21. The van der Waals surface area contributed by atoms with Crippen LogP contribution >= 0.6 is 11.6 Å². The van der Waals surface area contributed by atoms with Gasteiger partial charge in [-0.05, 0) is 24.3 Å². The van der Waals surface area contributed by atoms with Crippen molar-refractivity contribution in [1.82, 2.24) is 14.8 Å². The van der Waals surface area contributed by atoms with Gasteiger partial charge in [0.25, 0.3) is 5.56 Å². The zero-order valence-corrected chi connectivity index (χ0v) is 14.5. The Balaban J connectivity index is 1.63. The maximum Gasteiger partial charge on any atom is 0.417 e. The Morgan fingerprint density at radius 1 is 1.11 bits per heavy atom. The quantitative estimate of drug-likeness (QED) is 0.652. The molecular weight excluding hydrogens is 403 g/mol. The van der Waals surface area contributed by atoms with Gasteiger partial charge < -0.3 is 14.2 Å². The molecule has 0 fully saturated rings. The van der Waals surface area contributed by atoms with Crippen molar-refractivity contribution in [3.05, 3.63) is 63.7 Å². The Morgan fingerprint density at radius 3 is 2.61 bits per heavy atom. The summed E-state index contributed by atoms with van der Waals surface area (Å²) in [5.41, 5.74) is -1.75. The molecular formula is C17H9ClF3N3O4. The number of fused-ring (bicyclic) bond motifs is 1. The van der Waals surface area contributed by atoms with Crippen LogP contribution in [0.3, 0.4) is 0 Å². The van der Waals surface area contributed by atoms with Crippen molar-refractivity contribution in [2.75, 3.05) is 6.79 Å². The third-order valence-electron chi connectivity index (χ3n) is 3.75. The first kappa shape index (κ1) is 18.1. The molecule has 2 aromatic heterocycles. The van der Waals surface area contributed by atoms with Crippen LogP contribution in [0.2, 0.25) is 5.02 Å². The van der Waals surface area contributed by atoms with Crippen LogP contribution in [0.5, 0.6) is 23.0 Å². The first-order valence-corrected chi connectivity index (χ1v) is 8.10. The van der Waals surface area contributed by atoms with Gasteiger partial charge in [0, 0.05) is 12.3 Å². The molecule has 3 aromatic rings. The normalized spacial score (nSPS) is 12.9. The van der Waals surface area contributed by atoms with Gasteiger partial charge in [-0.15, -0.1) is 0 Å². The van der Waals surface area contributed by atoms with Crippen molar-refractivity contribution in [1.29, 1.82) is 0 Å². The number of nitrogens with zero attached hydrogens (tertiary/aromatic N) is 3. The van der Waals surface area contributed by atoms with Crippen molar-refractivity contribution >= 4 is 11.6 Å². The summed E-state index contributed by atoms with van der Waals surface area (Å²) in [6, 6.07) is 6.59. The van der Waals surface area contributed by atoms with Crippen LogP contribution in [0, 0.1) is 0 Å². The van der Waals surface area contributed by atoms with Gasteiger partial charge in [0.05, 0.1) is 11.8 Å². The molecule has 0 spiro atoms. The SMILES string of the molecule is O=c1c(Cl)c(Oc2ccc3c(c2)OCO3)cnn1-c1ccc(C(F)(F)F)cn1. The number of benzene rings is 1. The summed E-state index contributed by atoms with van der Waals surface area (Å²) in [4.78, 5) is 16.1. The van der Waals surface area contributed by atoms with E-state index in [4.69, 9.17) is 25.8 Å².